The van der Waals surface area contributed by atoms with Gasteiger partial charge < -0.3 is 9.84 Å². The molecule has 0 aromatic carbocycles. The topological polar surface area (TPSA) is 46.5 Å². The van der Waals surface area contributed by atoms with E-state index in [2.05, 4.69) is 13.5 Å². The Morgan fingerprint density at radius 1 is 1.47 bits per heavy atom. The average Bonchev–Trinajstić information content (AvgIpc) is 2.77. The minimum absolute atomic E-state index is 0.103. The smallest absolute Gasteiger partial charge is 0.330 e. The second-order valence-electron chi connectivity index (χ2n) is 5.41. The van der Waals surface area contributed by atoms with E-state index < -0.39 is 3.42 Å². The quantitative estimate of drug-likeness (QED) is 0.253. The van der Waals surface area contributed by atoms with Gasteiger partial charge in [-0.3, -0.25) is 0 Å². The fourth-order valence-electron chi connectivity index (χ4n) is 2.46. The first-order valence-corrected chi connectivity index (χ1v) is 7.80. The number of hydrogen-bond donors (Lipinski definition) is 1. The van der Waals surface area contributed by atoms with Gasteiger partial charge in [0.05, 0.1) is 5.76 Å². The van der Waals surface area contributed by atoms with Gasteiger partial charge in [-0.15, -0.1) is 0 Å². The summed E-state index contributed by atoms with van der Waals surface area (Å²) in [6.45, 7) is 9.25. The van der Waals surface area contributed by atoms with Gasteiger partial charge in [0, 0.05) is 0 Å². The molecule has 0 spiro atoms. The molecule has 0 aromatic rings. The van der Waals surface area contributed by atoms with Crippen LogP contribution in [0.1, 0.15) is 52.9 Å². The Hall–Kier alpha value is -0.520. The zero-order valence-corrected chi connectivity index (χ0v) is 14.1. The lowest BCUT2D eigenvalue weighted by Crippen LogP contribution is -2.41. The molecule has 1 rings (SSSR count). The van der Waals surface area contributed by atoms with Gasteiger partial charge in [-0.05, 0) is 57.6 Å². The zero-order chi connectivity index (χ0) is 14.7. The minimum atomic E-state index is -0.985. The lowest BCUT2D eigenvalue weighted by atomic mass is 9.96. The number of halogens is 1. The number of allylic oxidation sites excluding steroid dienone is 1. The van der Waals surface area contributed by atoms with Gasteiger partial charge in [-0.1, -0.05) is 36.1 Å². The summed E-state index contributed by atoms with van der Waals surface area (Å²) in [4.78, 5) is 12.5. The van der Waals surface area contributed by atoms with Gasteiger partial charge in [0.2, 0.25) is 0 Å². The Morgan fingerprint density at radius 2 is 2.00 bits per heavy atom. The molecule has 1 aliphatic rings. The largest absolute Gasteiger partial charge is 0.513 e. The van der Waals surface area contributed by atoms with Crippen molar-refractivity contribution in [1.82, 2.24) is 0 Å². The van der Waals surface area contributed by atoms with Gasteiger partial charge >= 0.3 is 5.97 Å². The first-order chi connectivity index (χ1) is 8.76. The molecule has 0 saturated heterocycles. The molecule has 1 N–H and O–H groups in total. The van der Waals surface area contributed by atoms with Crippen LogP contribution in [0.4, 0.5) is 0 Å². The summed E-state index contributed by atoms with van der Waals surface area (Å²) in [5, 5.41) is 9.48. The molecule has 0 aromatic heterocycles. The van der Waals surface area contributed by atoms with Crippen LogP contribution in [0.15, 0.2) is 24.0 Å². The van der Waals surface area contributed by atoms with E-state index >= 15 is 0 Å². The standard InChI is InChI=1S/C15H23IO3/c1-5-14(8-6-7-9-14)19-13(18)15(16,11(2)3)10-12(4)17/h10,17H,2,5-9H2,1,3-4H3/b12-10+. The van der Waals surface area contributed by atoms with E-state index in [0.717, 1.165) is 32.1 Å². The average molecular weight is 378 g/mol. The number of aliphatic hydroxyl groups is 1. The van der Waals surface area contributed by atoms with Crippen molar-refractivity contribution in [3.63, 3.8) is 0 Å². The first-order valence-electron chi connectivity index (χ1n) is 6.72. The Balaban J connectivity index is 2.96. The highest BCUT2D eigenvalue weighted by molar-refractivity contribution is 14.1. The molecule has 3 nitrogen and oxygen atoms in total. The Bertz CT molecular complexity index is 390. The number of carbonyl (C=O) groups excluding carboxylic acids is 1. The van der Waals surface area contributed by atoms with E-state index in [1.165, 1.54) is 6.08 Å². The molecule has 108 valence electrons. The predicted octanol–water partition coefficient (Wildman–Crippen LogP) is 4.46. The number of esters is 1. The SMILES string of the molecule is C=C(C)C(I)(/C=C(\C)O)C(=O)OC1(CC)CCCC1. The fourth-order valence-corrected chi connectivity index (χ4v) is 3.02. The van der Waals surface area contributed by atoms with Crippen molar-refractivity contribution in [2.75, 3.05) is 0 Å². The van der Waals surface area contributed by atoms with E-state index in [9.17, 15) is 9.90 Å². The highest BCUT2D eigenvalue weighted by Gasteiger charge is 2.43. The molecule has 19 heavy (non-hydrogen) atoms. The lowest BCUT2D eigenvalue weighted by molar-refractivity contribution is -0.159. The molecule has 4 heteroatoms. The molecule has 0 amide bonds. The molecular formula is C15H23IO3. The third kappa shape index (κ3) is 3.74. The zero-order valence-electron chi connectivity index (χ0n) is 12.0. The maximum Gasteiger partial charge on any atom is 0.330 e. The normalized spacial score (nSPS) is 21.8. The molecule has 1 saturated carbocycles. The summed E-state index contributed by atoms with van der Waals surface area (Å²) in [6, 6.07) is 0. The molecular weight excluding hydrogens is 355 g/mol. The molecule has 0 heterocycles. The van der Waals surface area contributed by atoms with E-state index in [0.29, 0.717) is 5.57 Å². The van der Waals surface area contributed by atoms with Gasteiger partial charge in [0.25, 0.3) is 0 Å². The summed E-state index contributed by atoms with van der Waals surface area (Å²) >= 11 is 2.00. The van der Waals surface area contributed by atoms with Crippen LogP contribution in [0.25, 0.3) is 0 Å². The number of hydrogen-bond acceptors (Lipinski definition) is 3. The summed E-state index contributed by atoms with van der Waals surface area (Å²) in [6.07, 6.45) is 6.43. The summed E-state index contributed by atoms with van der Waals surface area (Å²) in [7, 11) is 0. The number of ether oxygens (including phenoxy) is 1. The maximum absolute atomic E-state index is 12.5. The lowest BCUT2D eigenvalue weighted by Gasteiger charge is -2.32. The van der Waals surface area contributed by atoms with Crippen molar-refractivity contribution in [3.05, 3.63) is 24.0 Å². The van der Waals surface area contributed by atoms with E-state index in [4.69, 9.17) is 4.74 Å². The predicted molar refractivity (Wildman–Crippen MR) is 85.5 cm³/mol. The highest BCUT2D eigenvalue weighted by atomic mass is 127. The minimum Gasteiger partial charge on any atom is -0.513 e. The molecule has 1 fully saturated rings. The van der Waals surface area contributed by atoms with Crippen molar-refractivity contribution in [2.24, 2.45) is 0 Å². The fraction of sp³-hybridized carbons (Fsp3) is 0.667. The van der Waals surface area contributed by atoms with Gasteiger partial charge in [-0.25, -0.2) is 4.79 Å². The van der Waals surface area contributed by atoms with Crippen molar-refractivity contribution < 1.29 is 14.6 Å². The van der Waals surface area contributed by atoms with Gasteiger partial charge in [-0.2, -0.15) is 0 Å². The first kappa shape index (κ1) is 16.5. The van der Waals surface area contributed by atoms with Crippen LogP contribution in [-0.2, 0) is 9.53 Å². The number of carbonyl (C=O) groups is 1. The van der Waals surface area contributed by atoms with Crippen molar-refractivity contribution in [1.29, 1.82) is 0 Å². The molecule has 1 unspecified atom stereocenters. The second kappa shape index (κ2) is 6.29. The van der Waals surface area contributed by atoms with E-state index in [1.54, 1.807) is 13.8 Å². The monoisotopic (exact) mass is 378 g/mol. The second-order valence-corrected chi connectivity index (χ2v) is 7.11. The molecule has 0 aliphatic heterocycles. The number of aliphatic hydroxyl groups excluding tert-OH is 1. The van der Waals surface area contributed by atoms with Crippen molar-refractivity contribution in [3.8, 4) is 0 Å². The van der Waals surface area contributed by atoms with E-state index in [-0.39, 0.29) is 17.3 Å². The van der Waals surface area contributed by atoms with Crippen LogP contribution in [0.5, 0.6) is 0 Å². The van der Waals surface area contributed by atoms with Crippen LogP contribution in [0, 0.1) is 0 Å². The Labute approximate surface area is 129 Å². The molecule has 1 atom stereocenters. The van der Waals surface area contributed by atoms with Crippen molar-refractivity contribution >= 4 is 28.6 Å². The van der Waals surface area contributed by atoms with Crippen molar-refractivity contribution in [2.45, 2.75) is 61.9 Å². The maximum atomic E-state index is 12.5. The number of rotatable bonds is 5. The third-order valence-corrected chi connectivity index (χ3v) is 5.47. The summed E-state index contributed by atoms with van der Waals surface area (Å²) in [5.41, 5.74) is 0.343. The molecule has 0 radical (unpaired) electrons. The number of alkyl halides is 1. The van der Waals surface area contributed by atoms with Gasteiger partial charge in [0.1, 0.15) is 5.60 Å². The van der Waals surface area contributed by atoms with Crippen LogP contribution in [0.2, 0.25) is 0 Å². The summed E-state index contributed by atoms with van der Waals surface area (Å²) in [5.74, 6) is -0.218. The summed E-state index contributed by atoms with van der Waals surface area (Å²) < 4.78 is 4.83. The van der Waals surface area contributed by atoms with Crippen LogP contribution in [0.3, 0.4) is 0 Å². The Morgan fingerprint density at radius 3 is 2.37 bits per heavy atom. The van der Waals surface area contributed by atoms with Crippen LogP contribution >= 0.6 is 22.6 Å². The molecule has 0 bridgehead atoms. The van der Waals surface area contributed by atoms with Gasteiger partial charge in [0.15, 0.2) is 3.42 Å². The Kier molecular flexibility index (Phi) is 5.47. The van der Waals surface area contributed by atoms with Crippen LogP contribution in [-0.4, -0.2) is 20.1 Å². The van der Waals surface area contributed by atoms with E-state index in [1.807, 2.05) is 22.6 Å². The van der Waals surface area contributed by atoms with Crippen LogP contribution < -0.4 is 0 Å². The third-order valence-electron chi connectivity index (χ3n) is 3.79. The molecule has 1 aliphatic carbocycles. The highest BCUT2D eigenvalue weighted by Crippen LogP contribution is 2.40.